The minimum atomic E-state index is -0.801. The molecule has 1 aliphatic carbocycles. The number of aliphatic carboxylic acids is 1. The van der Waals surface area contributed by atoms with Crippen molar-refractivity contribution in [1.29, 1.82) is 0 Å². The first-order valence-electron chi connectivity index (χ1n) is 9.58. The van der Waals surface area contributed by atoms with Gasteiger partial charge in [-0.3, -0.25) is 4.79 Å². The van der Waals surface area contributed by atoms with Crippen molar-refractivity contribution in [3.05, 3.63) is 24.3 Å². The zero-order chi connectivity index (χ0) is 19.5. The molecule has 6 atom stereocenters. The standard InChI is InChI=1S/C20H34O6/c1-14(21)7-6-8-15(22)11-12-17-16(18(23)13-19(17)24)9-4-2-3-5-10-20(25)26/h2,4,11-12,14-19,21-24H,3,5-10,13H2,1H3,(H,25,26)/t14?,15?,16-,17-,18?,19?/m1/s1. The van der Waals surface area contributed by atoms with E-state index in [0.29, 0.717) is 38.5 Å². The minimum absolute atomic E-state index is 0.110. The first-order chi connectivity index (χ1) is 12.3. The number of carbonyl (C=O) groups is 1. The predicted molar refractivity (Wildman–Crippen MR) is 99.5 cm³/mol. The molecule has 1 saturated carbocycles. The summed E-state index contributed by atoms with van der Waals surface area (Å²) in [7, 11) is 0. The van der Waals surface area contributed by atoms with Gasteiger partial charge in [0.2, 0.25) is 0 Å². The molecule has 1 aliphatic rings. The molecule has 0 saturated heterocycles. The molecular weight excluding hydrogens is 336 g/mol. The van der Waals surface area contributed by atoms with Gasteiger partial charge in [0.05, 0.1) is 24.4 Å². The largest absolute Gasteiger partial charge is 0.481 e. The maximum atomic E-state index is 10.5. The number of carboxylic acid groups (broad SMARTS) is 1. The lowest BCUT2D eigenvalue weighted by atomic mass is 9.89. The van der Waals surface area contributed by atoms with Gasteiger partial charge in [0.25, 0.3) is 0 Å². The average Bonchev–Trinajstić information content (AvgIpc) is 2.81. The van der Waals surface area contributed by atoms with Crippen LogP contribution in [0.2, 0.25) is 0 Å². The highest BCUT2D eigenvalue weighted by Gasteiger charge is 2.39. The molecule has 150 valence electrons. The normalized spacial score (nSPS) is 28.8. The van der Waals surface area contributed by atoms with Crippen molar-refractivity contribution >= 4 is 5.97 Å². The molecule has 26 heavy (non-hydrogen) atoms. The molecule has 0 heterocycles. The molecule has 0 aromatic carbocycles. The van der Waals surface area contributed by atoms with E-state index in [9.17, 15) is 25.2 Å². The summed E-state index contributed by atoms with van der Waals surface area (Å²) in [6.45, 7) is 1.72. The Bertz CT molecular complexity index is 459. The number of hydrogen-bond donors (Lipinski definition) is 5. The third kappa shape index (κ3) is 8.94. The molecule has 0 aromatic rings. The number of aliphatic hydroxyl groups excluding tert-OH is 4. The first-order valence-corrected chi connectivity index (χ1v) is 9.58. The van der Waals surface area contributed by atoms with Crippen molar-refractivity contribution < 1.29 is 30.3 Å². The maximum absolute atomic E-state index is 10.5. The molecule has 1 fully saturated rings. The van der Waals surface area contributed by atoms with Crippen LogP contribution in [0.15, 0.2) is 24.3 Å². The summed E-state index contributed by atoms with van der Waals surface area (Å²) in [5, 5.41) is 48.2. The van der Waals surface area contributed by atoms with Crippen LogP contribution in [-0.2, 0) is 4.79 Å². The number of hydrogen-bond acceptors (Lipinski definition) is 5. The van der Waals surface area contributed by atoms with E-state index < -0.39 is 24.3 Å². The Balaban J connectivity index is 2.46. The van der Waals surface area contributed by atoms with Crippen molar-refractivity contribution in [2.75, 3.05) is 0 Å². The summed E-state index contributed by atoms with van der Waals surface area (Å²) in [5.74, 6) is -1.12. The van der Waals surface area contributed by atoms with Gasteiger partial charge in [-0.1, -0.05) is 24.3 Å². The van der Waals surface area contributed by atoms with Crippen molar-refractivity contribution in [3.63, 3.8) is 0 Å². The van der Waals surface area contributed by atoms with Crippen LogP contribution in [0.4, 0.5) is 0 Å². The van der Waals surface area contributed by atoms with E-state index in [-0.39, 0.29) is 24.4 Å². The lowest BCUT2D eigenvalue weighted by Crippen LogP contribution is -2.20. The lowest BCUT2D eigenvalue weighted by Gasteiger charge is -2.19. The lowest BCUT2D eigenvalue weighted by molar-refractivity contribution is -0.137. The Morgan fingerprint density at radius 1 is 1.12 bits per heavy atom. The summed E-state index contributed by atoms with van der Waals surface area (Å²) in [4.78, 5) is 10.5. The highest BCUT2D eigenvalue weighted by Crippen LogP contribution is 2.36. The fourth-order valence-corrected chi connectivity index (χ4v) is 3.42. The molecule has 0 amide bonds. The van der Waals surface area contributed by atoms with E-state index in [1.54, 1.807) is 19.1 Å². The second-order valence-electron chi connectivity index (χ2n) is 7.34. The van der Waals surface area contributed by atoms with Gasteiger partial charge in [0.15, 0.2) is 0 Å². The molecule has 1 rings (SSSR count). The number of unbranched alkanes of at least 4 members (excludes halogenated alkanes) is 1. The van der Waals surface area contributed by atoms with Crippen LogP contribution < -0.4 is 0 Å². The van der Waals surface area contributed by atoms with Crippen LogP contribution in [0, 0.1) is 11.8 Å². The third-order valence-corrected chi connectivity index (χ3v) is 4.93. The van der Waals surface area contributed by atoms with Gasteiger partial charge in [-0.15, -0.1) is 0 Å². The summed E-state index contributed by atoms with van der Waals surface area (Å²) >= 11 is 0. The van der Waals surface area contributed by atoms with E-state index in [4.69, 9.17) is 5.11 Å². The molecule has 0 radical (unpaired) electrons. The van der Waals surface area contributed by atoms with Crippen LogP contribution in [0.5, 0.6) is 0 Å². The second kappa shape index (κ2) is 12.2. The Morgan fingerprint density at radius 2 is 1.85 bits per heavy atom. The summed E-state index contributed by atoms with van der Waals surface area (Å²) < 4.78 is 0. The zero-order valence-corrected chi connectivity index (χ0v) is 15.6. The second-order valence-corrected chi connectivity index (χ2v) is 7.34. The quantitative estimate of drug-likeness (QED) is 0.265. The molecule has 0 bridgehead atoms. The van der Waals surface area contributed by atoms with Gasteiger partial charge in [-0.25, -0.2) is 0 Å². The van der Waals surface area contributed by atoms with Gasteiger partial charge in [0.1, 0.15) is 0 Å². The van der Waals surface area contributed by atoms with E-state index in [1.807, 2.05) is 12.2 Å². The highest BCUT2D eigenvalue weighted by molar-refractivity contribution is 5.66. The van der Waals surface area contributed by atoms with Gasteiger partial charge >= 0.3 is 5.97 Å². The summed E-state index contributed by atoms with van der Waals surface area (Å²) in [6, 6.07) is 0. The van der Waals surface area contributed by atoms with E-state index in [1.165, 1.54) is 0 Å². The Kier molecular flexibility index (Phi) is 10.7. The van der Waals surface area contributed by atoms with Crippen molar-refractivity contribution in [2.45, 2.75) is 82.7 Å². The molecule has 6 heteroatoms. The van der Waals surface area contributed by atoms with Gasteiger partial charge in [-0.2, -0.15) is 0 Å². The summed E-state index contributed by atoms with van der Waals surface area (Å²) in [5.41, 5.74) is 0. The summed E-state index contributed by atoms with van der Waals surface area (Å²) in [6.07, 6.45) is 9.41. The monoisotopic (exact) mass is 370 g/mol. The van der Waals surface area contributed by atoms with E-state index in [2.05, 4.69) is 0 Å². The van der Waals surface area contributed by atoms with Gasteiger partial charge in [0, 0.05) is 18.8 Å². The SMILES string of the molecule is CC(O)CCCC(O)C=C[C@H]1C(O)CC(O)[C@@H]1CC=CCCCC(=O)O. The molecular formula is C20H34O6. The van der Waals surface area contributed by atoms with Gasteiger partial charge < -0.3 is 25.5 Å². The topological polar surface area (TPSA) is 118 Å². The number of allylic oxidation sites excluding steroid dienone is 2. The Morgan fingerprint density at radius 3 is 2.50 bits per heavy atom. The highest BCUT2D eigenvalue weighted by atomic mass is 16.4. The van der Waals surface area contributed by atoms with Crippen LogP contribution >= 0.6 is 0 Å². The predicted octanol–water partition coefficient (Wildman–Crippen LogP) is 2.01. The molecule has 0 aromatic heterocycles. The first kappa shape index (κ1) is 22.8. The fourth-order valence-electron chi connectivity index (χ4n) is 3.42. The van der Waals surface area contributed by atoms with Crippen molar-refractivity contribution in [1.82, 2.24) is 0 Å². The van der Waals surface area contributed by atoms with Crippen molar-refractivity contribution in [3.8, 4) is 0 Å². The Hall–Kier alpha value is -1.21. The molecule has 0 aliphatic heterocycles. The van der Waals surface area contributed by atoms with E-state index in [0.717, 1.165) is 6.42 Å². The molecule has 4 unspecified atom stereocenters. The van der Waals surface area contributed by atoms with Crippen LogP contribution in [0.1, 0.15) is 58.3 Å². The maximum Gasteiger partial charge on any atom is 0.303 e. The fraction of sp³-hybridized carbons (Fsp3) is 0.750. The molecule has 0 spiro atoms. The number of aliphatic hydroxyl groups is 4. The van der Waals surface area contributed by atoms with Crippen LogP contribution in [0.25, 0.3) is 0 Å². The zero-order valence-electron chi connectivity index (χ0n) is 15.6. The van der Waals surface area contributed by atoms with Gasteiger partial charge in [-0.05, 0) is 51.4 Å². The average molecular weight is 370 g/mol. The van der Waals surface area contributed by atoms with Crippen molar-refractivity contribution in [2.24, 2.45) is 11.8 Å². The smallest absolute Gasteiger partial charge is 0.303 e. The number of carboxylic acids is 1. The minimum Gasteiger partial charge on any atom is -0.481 e. The molecule has 6 nitrogen and oxygen atoms in total. The molecule has 5 N–H and O–H groups in total. The third-order valence-electron chi connectivity index (χ3n) is 4.93. The van der Waals surface area contributed by atoms with Crippen LogP contribution in [-0.4, -0.2) is 55.9 Å². The van der Waals surface area contributed by atoms with Crippen LogP contribution in [0.3, 0.4) is 0 Å². The van der Waals surface area contributed by atoms with E-state index >= 15 is 0 Å². The Labute approximate surface area is 155 Å². The number of rotatable bonds is 12.